The molecule has 0 aromatic rings. The zero-order chi connectivity index (χ0) is 7.28. The van der Waals surface area contributed by atoms with Crippen molar-refractivity contribution in [1.29, 1.82) is 0 Å². The minimum Gasteiger partial charge on any atom is -0.510 e. The summed E-state index contributed by atoms with van der Waals surface area (Å²) < 4.78 is 0. The Morgan fingerprint density at radius 2 is 2.11 bits per heavy atom. The molecule has 1 atom stereocenters. The van der Waals surface area contributed by atoms with E-state index in [1.165, 1.54) is 0 Å². The number of aliphatic hydroxyl groups is 3. The first-order chi connectivity index (χ1) is 4.18. The molecule has 3 N–H and O–H groups in total. The average molecular weight is 132 g/mol. The second kappa shape index (κ2) is 4.35. The Hall–Kier alpha value is -0.540. The largest absolute Gasteiger partial charge is 0.510 e. The van der Waals surface area contributed by atoms with Crippen LogP contribution in [0.4, 0.5) is 0 Å². The summed E-state index contributed by atoms with van der Waals surface area (Å²) in [4.78, 5) is 0. The summed E-state index contributed by atoms with van der Waals surface area (Å²) in [7, 11) is 0. The molecule has 0 aromatic heterocycles. The molecular formula is C6H12O3. The van der Waals surface area contributed by atoms with Crippen molar-refractivity contribution in [3.8, 4) is 0 Å². The van der Waals surface area contributed by atoms with Crippen LogP contribution < -0.4 is 0 Å². The van der Waals surface area contributed by atoms with Crippen LogP contribution >= 0.6 is 0 Å². The lowest BCUT2D eigenvalue weighted by Gasteiger charge is -2.05. The van der Waals surface area contributed by atoms with Crippen LogP contribution in [0, 0.1) is 0 Å². The van der Waals surface area contributed by atoms with E-state index in [-0.39, 0.29) is 12.4 Å². The van der Waals surface area contributed by atoms with E-state index in [1.54, 1.807) is 0 Å². The van der Waals surface area contributed by atoms with Crippen LogP contribution in [0.25, 0.3) is 0 Å². The molecule has 0 aliphatic carbocycles. The molecular weight excluding hydrogens is 120 g/mol. The van der Waals surface area contributed by atoms with Crippen molar-refractivity contribution in [2.45, 2.75) is 18.9 Å². The van der Waals surface area contributed by atoms with Crippen molar-refractivity contribution in [2.24, 2.45) is 0 Å². The molecule has 0 heterocycles. The summed E-state index contributed by atoms with van der Waals surface area (Å²) in [6, 6.07) is 0. The fourth-order valence-corrected chi connectivity index (χ4v) is 0.451. The molecule has 3 heteroatoms. The van der Waals surface area contributed by atoms with Gasteiger partial charge < -0.3 is 15.3 Å². The third kappa shape index (κ3) is 4.00. The SMILES string of the molecule is C=C(O)C(O)CCCO. The van der Waals surface area contributed by atoms with Gasteiger partial charge in [-0.25, -0.2) is 0 Å². The summed E-state index contributed by atoms with van der Waals surface area (Å²) >= 11 is 0. The summed E-state index contributed by atoms with van der Waals surface area (Å²) in [5.74, 6) is -0.233. The van der Waals surface area contributed by atoms with E-state index < -0.39 is 6.10 Å². The highest BCUT2D eigenvalue weighted by Gasteiger charge is 2.04. The molecule has 3 nitrogen and oxygen atoms in total. The van der Waals surface area contributed by atoms with E-state index in [4.69, 9.17) is 15.3 Å². The maximum atomic E-state index is 8.80. The van der Waals surface area contributed by atoms with Gasteiger partial charge in [-0.15, -0.1) is 0 Å². The molecule has 0 bridgehead atoms. The van der Waals surface area contributed by atoms with Crippen molar-refractivity contribution in [3.63, 3.8) is 0 Å². The Labute approximate surface area is 54.3 Å². The molecule has 0 saturated heterocycles. The molecule has 0 aliphatic rings. The standard InChI is InChI=1S/C6H12O3/c1-5(8)6(9)3-2-4-7/h6-9H,1-4H2. The first-order valence-corrected chi connectivity index (χ1v) is 2.85. The van der Waals surface area contributed by atoms with Crippen molar-refractivity contribution in [3.05, 3.63) is 12.3 Å². The Balaban J connectivity index is 3.27. The quantitative estimate of drug-likeness (QED) is 0.478. The van der Waals surface area contributed by atoms with Gasteiger partial charge in [0.1, 0.15) is 11.9 Å². The molecule has 0 fully saturated rings. The van der Waals surface area contributed by atoms with Crippen LogP contribution in [0.2, 0.25) is 0 Å². The van der Waals surface area contributed by atoms with Crippen molar-refractivity contribution >= 4 is 0 Å². The maximum Gasteiger partial charge on any atom is 0.114 e. The summed E-state index contributed by atoms with van der Waals surface area (Å²) in [5, 5.41) is 25.6. The van der Waals surface area contributed by atoms with Crippen molar-refractivity contribution < 1.29 is 15.3 Å². The Morgan fingerprint density at radius 3 is 2.44 bits per heavy atom. The minimum atomic E-state index is -0.878. The molecule has 0 spiro atoms. The van der Waals surface area contributed by atoms with Crippen LogP contribution in [0.15, 0.2) is 12.3 Å². The summed E-state index contributed by atoms with van der Waals surface area (Å²) in [5.41, 5.74) is 0. The number of hydrogen-bond donors (Lipinski definition) is 3. The Bertz CT molecular complexity index is 90.3. The molecule has 0 aromatic carbocycles. The predicted molar refractivity (Wildman–Crippen MR) is 34.1 cm³/mol. The molecule has 0 aliphatic heterocycles. The summed E-state index contributed by atoms with van der Waals surface area (Å²) in [6.45, 7) is 3.16. The molecule has 1 unspecified atom stereocenters. The third-order valence-electron chi connectivity index (χ3n) is 1.02. The van der Waals surface area contributed by atoms with E-state index in [9.17, 15) is 0 Å². The lowest BCUT2D eigenvalue weighted by molar-refractivity contribution is 0.135. The zero-order valence-electron chi connectivity index (χ0n) is 5.25. The number of rotatable bonds is 4. The van der Waals surface area contributed by atoms with Crippen LogP contribution in [-0.2, 0) is 0 Å². The van der Waals surface area contributed by atoms with Gasteiger partial charge in [0.25, 0.3) is 0 Å². The van der Waals surface area contributed by atoms with E-state index >= 15 is 0 Å². The Kier molecular flexibility index (Phi) is 4.09. The highest BCUT2D eigenvalue weighted by molar-refractivity contribution is 4.87. The lowest BCUT2D eigenvalue weighted by atomic mass is 10.2. The third-order valence-corrected chi connectivity index (χ3v) is 1.02. The first kappa shape index (κ1) is 8.46. The van der Waals surface area contributed by atoms with Gasteiger partial charge in [-0.3, -0.25) is 0 Å². The molecule has 0 radical (unpaired) electrons. The highest BCUT2D eigenvalue weighted by Crippen LogP contribution is 2.01. The highest BCUT2D eigenvalue weighted by atomic mass is 16.3. The van der Waals surface area contributed by atoms with Crippen LogP contribution in [0.1, 0.15) is 12.8 Å². The number of aliphatic hydroxyl groups excluding tert-OH is 3. The second-order valence-corrected chi connectivity index (χ2v) is 1.87. The van der Waals surface area contributed by atoms with Gasteiger partial charge in [0, 0.05) is 6.61 Å². The molecule has 0 rings (SSSR count). The smallest absolute Gasteiger partial charge is 0.114 e. The normalized spacial score (nSPS) is 13.1. The van der Waals surface area contributed by atoms with Gasteiger partial charge in [0.05, 0.1) is 0 Å². The van der Waals surface area contributed by atoms with E-state index in [0.717, 1.165) is 0 Å². The van der Waals surface area contributed by atoms with Crippen LogP contribution in [-0.4, -0.2) is 28.0 Å². The first-order valence-electron chi connectivity index (χ1n) is 2.85. The second-order valence-electron chi connectivity index (χ2n) is 1.87. The van der Waals surface area contributed by atoms with Crippen molar-refractivity contribution in [1.82, 2.24) is 0 Å². The van der Waals surface area contributed by atoms with Gasteiger partial charge in [-0.2, -0.15) is 0 Å². The van der Waals surface area contributed by atoms with Gasteiger partial charge >= 0.3 is 0 Å². The number of hydrogen-bond acceptors (Lipinski definition) is 3. The van der Waals surface area contributed by atoms with E-state index in [1.807, 2.05) is 0 Å². The molecule has 9 heavy (non-hydrogen) atoms. The van der Waals surface area contributed by atoms with Gasteiger partial charge in [-0.05, 0) is 12.8 Å². The monoisotopic (exact) mass is 132 g/mol. The van der Waals surface area contributed by atoms with Gasteiger partial charge in [-0.1, -0.05) is 6.58 Å². The molecule has 54 valence electrons. The fraction of sp³-hybridized carbons (Fsp3) is 0.667. The van der Waals surface area contributed by atoms with E-state index in [2.05, 4.69) is 6.58 Å². The topological polar surface area (TPSA) is 60.7 Å². The fourth-order valence-electron chi connectivity index (χ4n) is 0.451. The van der Waals surface area contributed by atoms with Crippen molar-refractivity contribution in [2.75, 3.05) is 6.61 Å². The predicted octanol–water partition coefficient (Wildman–Crippen LogP) is 0.191. The lowest BCUT2D eigenvalue weighted by Crippen LogP contribution is -2.09. The van der Waals surface area contributed by atoms with Crippen LogP contribution in [0.3, 0.4) is 0 Å². The van der Waals surface area contributed by atoms with Gasteiger partial charge in [0.15, 0.2) is 0 Å². The summed E-state index contributed by atoms with van der Waals surface area (Å²) in [6.07, 6.45) is -0.0239. The maximum absolute atomic E-state index is 8.80. The van der Waals surface area contributed by atoms with Crippen LogP contribution in [0.5, 0.6) is 0 Å². The van der Waals surface area contributed by atoms with E-state index in [0.29, 0.717) is 12.8 Å². The minimum absolute atomic E-state index is 0.0321. The van der Waals surface area contributed by atoms with Gasteiger partial charge in [0.2, 0.25) is 0 Å². The zero-order valence-corrected chi connectivity index (χ0v) is 5.25. The molecule has 0 saturated carbocycles. The Morgan fingerprint density at radius 1 is 1.56 bits per heavy atom. The molecule has 0 amide bonds. The average Bonchev–Trinajstić information content (AvgIpc) is 1.82.